The fourth-order valence-electron chi connectivity index (χ4n) is 4.99. The van der Waals surface area contributed by atoms with E-state index in [2.05, 4.69) is 20.5 Å². The highest BCUT2D eigenvalue weighted by atomic mass is 19.4. The predicted molar refractivity (Wildman–Crippen MR) is 162 cm³/mol. The maximum Gasteiger partial charge on any atom is 0.416 e. The number of fused-ring (bicyclic) bond motifs is 3. The molecule has 0 atom stereocenters. The van der Waals surface area contributed by atoms with Crippen molar-refractivity contribution in [2.45, 2.75) is 6.18 Å². The largest absolute Gasteiger partial charge is 0.416 e. The number of pyridine rings is 1. The molecule has 0 aliphatic rings. The van der Waals surface area contributed by atoms with E-state index in [0.29, 0.717) is 45.0 Å². The summed E-state index contributed by atoms with van der Waals surface area (Å²) in [7, 11) is 0. The second-order valence-corrected chi connectivity index (χ2v) is 10.1. The number of hydrogen-bond acceptors (Lipinski definition) is 6. The zero-order chi connectivity index (χ0) is 30.4. The second-order valence-electron chi connectivity index (χ2n) is 10.1. The zero-order valence-electron chi connectivity index (χ0n) is 22.7. The number of nitrogens with two attached hydrogens (primary N) is 1. The van der Waals surface area contributed by atoms with Crippen LogP contribution in [0.4, 0.5) is 24.5 Å². The lowest BCUT2D eigenvalue weighted by Crippen LogP contribution is -2.12. The van der Waals surface area contributed by atoms with Crippen LogP contribution >= 0.6 is 0 Å². The molecule has 8 nitrogen and oxygen atoms in total. The number of halogens is 3. The van der Waals surface area contributed by atoms with Crippen LogP contribution < -0.4 is 11.1 Å². The molecule has 3 aromatic heterocycles. The zero-order valence-corrected chi connectivity index (χ0v) is 22.7. The molecule has 11 heteroatoms. The molecule has 0 fully saturated rings. The Morgan fingerprint density at radius 2 is 1.48 bits per heavy atom. The summed E-state index contributed by atoms with van der Waals surface area (Å²) in [5.74, 6) is 0.00516. The van der Waals surface area contributed by atoms with E-state index in [1.807, 2.05) is 30.3 Å². The first-order valence-electron chi connectivity index (χ1n) is 13.4. The fraction of sp³-hybridized carbons (Fsp3) is 0.0303. The first-order valence-corrected chi connectivity index (χ1v) is 13.4. The fourth-order valence-corrected chi connectivity index (χ4v) is 4.99. The number of aromatic amines is 1. The highest BCUT2D eigenvalue weighted by Crippen LogP contribution is 2.37. The van der Waals surface area contributed by atoms with E-state index in [0.717, 1.165) is 28.4 Å². The van der Waals surface area contributed by atoms with Gasteiger partial charge in [-0.1, -0.05) is 42.5 Å². The van der Waals surface area contributed by atoms with E-state index >= 15 is 0 Å². The Bertz CT molecular complexity index is 2170. The van der Waals surface area contributed by atoms with Crippen LogP contribution in [0.3, 0.4) is 0 Å². The Labute approximate surface area is 247 Å². The van der Waals surface area contributed by atoms with Crippen molar-refractivity contribution < 1.29 is 22.4 Å². The number of nitrogen functional groups attached to an aromatic ring is 1. The number of aromatic nitrogens is 4. The lowest BCUT2D eigenvalue weighted by Gasteiger charge is -2.09. The molecule has 0 unspecified atom stereocenters. The van der Waals surface area contributed by atoms with Gasteiger partial charge in [0.05, 0.1) is 28.1 Å². The normalized spacial score (nSPS) is 11.7. The number of amides is 1. The first kappa shape index (κ1) is 26.9. The van der Waals surface area contributed by atoms with Crippen LogP contribution in [0.2, 0.25) is 0 Å². The van der Waals surface area contributed by atoms with Gasteiger partial charge >= 0.3 is 6.18 Å². The van der Waals surface area contributed by atoms with Crippen molar-refractivity contribution in [1.29, 1.82) is 0 Å². The summed E-state index contributed by atoms with van der Waals surface area (Å²) in [5.41, 5.74) is 9.92. The van der Waals surface area contributed by atoms with Crippen LogP contribution in [0.1, 0.15) is 15.9 Å². The number of rotatable bonds is 5. The Morgan fingerprint density at radius 3 is 2.23 bits per heavy atom. The first-order chi connectivity index (χ1) is 21.2. The van der Waals surface area contributed by atoms with E-state index < -0.39 is 11.7 Å². The summed E-state index contributed by atoms with van der Waals surface area (Å²) < 4.78 is 45.7. The summed E-state index contributed by atoms with van der Waals surface area (Å²) in [6.07, 6.45) is -4.46. The van der Waals surface area contributed by atoms with Gasteiger partial charge in [0.25, 0.3) is 11.8 Å². The molecule has 7 rings (SSSR count). The molecular weight excluding hydrogens is 569 g/mol. The van der Waals surface area contributed by atoms with Gasteiger partial charge in [-0.2, -0.15) is 13.2 Å². The summed E-state index contributed by atoms with van der Waals surface area (Å²) in [6, 6.07) is 27.9. The minimum absolute atomic E-state index is 0.127. The molecule has 216 valence electrons. The summed E-state index contributed by atoms with van der Waals surface area (Å²) in [5, 5.41) is 12.9. The highest BCUT2D eigenvalue weighted by Gasteiger charge is 2.30. The standard InChI is InChI=1S/C33H21F3N6O2/c34-33(35,36)21-15-13-18(14-16-21)28-29-23(22-5-1-3-7-25(22)38-29)17-27(39-28)32-42-41-31(44-32)20-11-9-19(10-12-20)30(43)40-26-8-4-2-6-24(26)37/h1-17,38H,37H2,(H,40,43). The maximum absolute atomic E-state index is 13.2. The van der Waals surface area contributed by atoms with Gasteiger partial charge in [0, 0.05) is 33.0 Å². The highest BCUT2D eigenvalue weighted by molar-refractivity contribution is 6.12. The van der Waals surface area contributed by atoms with Crippen molar-refractivity contribution in [3.8, 4) is 34.3 Å². The summed E-state index contributed by atoms with van der Waals surface area (Å²) in [6.45, 7) is 0. The third kappa shape index (κ3) is 4.90. The molecule has 4 N–H and O–H groups in total. The Morgan fingerprint density at radius 1 is 0.795 bits per heavy atom. The Kier molecular flexibility index (Phi) is 6.35. The molecule has 0 radical (unpaired) electrons. The van der Waals surface area contributed by atoms with E-state index in [9.17, 15) is 18.0 Å². The number of anilines is 2. The number of benzene rings is 4. The molecule has 4 aromatic carbocycles. The number of hydrogen-bond donors (Lipinski definition) is 3. The van der Waals surface area contributed by atoms with Gasteiger partial charge in [0.1, 0.15) is 5.69 Å². The molecule has 0 saturated carbocycles. The van der Waals surface area contributed by atoms with Crippen LogP contribution in [-0.4, -0.2) is 26.1 Å². The van der Waals surface area contributed by atoms with E-state index in [-0.39, 0.29) is 17.7 Å². The van der Waals surface area contributed by atoms with Crippen molar-refractivity contribution in [2.24, 2.45) is 0 Å². The molecule has 1 amide bonds. The van der Waals surface area contributed by atoms with Crippen molar-refractivity contribution in [3.63, 3.8) is 0 Å². The lowest BCUT2D eigenvalue weighted by molar-refractivity contribution is -0.137. The summed E-state index contributed by atoms with van der Waals surface area (Å²) >= 11 is 0. The van der Waals surface area contributed by atoms with Crippen LogP contribution in [0, 0.1) is 0 Å². The van der Waals surface area contributed by atoms with Crippen molar-refractivity contribution in [3.05, 3.63) is 114 Å². The number of H-pyrrole nitrogens is 1. The molecule has 0 spiro atoms. The number of para-hydroxylation sites is 3. The number of alkyl halides is 3. The van der Waals surface area contributed by atoms with E-state index in [1.54, 1.807) is 48.5 Å². The van der Waals surface area contributed by atoms with Crippen molar-refractivity contribution in [2.75, 3.05) is 11.1 Å². The smallest absolute Gasteiger partial charge is 0.415 e. The number of carbonyl (C=O) groups excluding carboxylic acids is 1. The van der Waals surface area contributed by atoms with Crippen LogP contribution in [0.25, 0.3) is 56.1 Å². The van der Waals surface area contributed by atoms with Gasteiger partial charge in [-0.15, -0.1) is 10.2 Å². The van der Waals surface area contributed by atoms with Gasteiger partial charge in [-0.05, 0) is 60.7 Å². The number of carbonyl (C=O) groups is 1. The topological polar surface area (TPSA) is 123 Å². The van der Waals surface area contributed by atoms with Gasteiger partial charge < -0.3 is 20.5 Å². The Balaban J connectivity index is 1.24. The quantitative estimate of drug-likeness (QED) is 0.175. The maximum atomic E-state index is 13.2. The van der Waals surface area contributed by atoms with Gasteiger partial charge in [-0.3, -0.25) is 4.79 Å². The molecule has 3 heterocycles. The predicted octanol–water partition coefficient (Wildman–Crippen LogP) is 7.95. The number of nitrogens with one attached hydrogen (secondary N) is 2. The van der Waals surface area contributed by atoms with Crippen LogP contribution in [0.5, 0.6) is 0 Å². The lowest BCUT2D eigenvalue weighted by atomic mass is 10.0. The third-order valence-electron chi connectivity index (χ3n) is 7.23. The molecule has 0 bridgehead atoms. The Hall–Kier alpha value is -5.97. The summed E-state index contributed by atoms with van der Waals surface area (Å²) in [4.78, 5) is 20.8. The molecule has 0 saturated heterocycles. The monoisotopic (exact) mass is 590 g/mol. The minimum Gasteiger partial charge on any atom is -0.415 e. The number of nitrogens with zero attached hydrogens (tertiary/aromatic N) is 3. The second kappa shape index (κ2) is 10.4. The molecule has 44 heavy (non-hydrogen) atoms. The SMILES string of the molecule is Nc1ccccc1NC(=O)c1ccc(-c2nnc(-c3cc4c([nH]c5ccccc54)c(-c4ccc(C(F)(F)F)cc4)n3)o2)cc1. The van der Waals surface area contributed by atoms with Gasteiger partial charge in [0.2, 0.25) is 5.89 Å². The van der Waals surface area contributed by atoms with Crippen molar-refractivity contribution >= 4 is 39.1 Å². The minimum atomic E-state index is -4.46. The molecule has 0 aliphatic heterocycles. The van der Waals surface area contributed by atoms with Gasteiger partial charge in [0.15, 0.2) is 0 Å². The molecular formula is C33H21F3N6O2. The van der Waals surface area contributed by atoms with Crippen LogP contribution in [0.15, 0.2) is 108 Å². The molecule has 7 aromatic rings. The van der Waals surface area contributed by atoms with E-state index in [4.69, 9.17) is 15.1 Å². The van der Waals surface area contributed by atoms with Crippen LogP contribution in [-0.2, 0) is 6.18 Å². The van der Waals surface area contributed by atoms with Gasteiger partial charge in [-0.25, -0.2) is 4.98 Å². The average molecular weight is 591 g/mol. The molecule has 0 aliphatic carbocycles. The van der Waals surface area contributed by atoms with Crippen molar-refractivity contribution in [1.82, 2.24) is 20.2 Å². The van der Waals surface area contributed by atoms with E-state index in [1.165, 1.54) is 12.1 Å². The average Bonchev–Trinajstić information content (AvgIpc) is 3.67. The third-order valence-corrected chi connectivity index (χ3v) is 7.23.